The van der Waals surface area contributed by atoms with Crippen LogP contribution in [-0.4, -0.2) is 7.11 Å². The summed E-state index contributed by atoms with van der Waals surface area (Å²) in [6.07, 6.45) is 0. The van der Waals surface area contributed by atoms with Gasteiger partial charge in [0.2, 0.25) is 0 Å². The van der Waals surface area contributed by atoms with Crippen molar-refractivity contribution in [1.82, 2.24) is 0 Å². The molecule has 2 aromatic carbocycles. The average molecular weight is 259 g/mol. The van der Waals surface area contributed by atoms with Gasteiger partial charge in [-0.15, -0.1) is 0 Å². The highest BCUT2D eigenvalue weighted by Gasteiger charge is 2.09. The van der Waals surface area contributed by atoms with Crippen molar-refractivity contribution in [2.45, 2.75) is 6.04 Å². The number of methoxy groups -OCH3 is 1. The fourth-order valence-electron chi connectivity index (χ4n) is 1.78. The first kappa shape index (κ1) is 12.7. The molecule has 0 radical (unpaired) electrons. The summed E-state index contributed by atoms with van der Waals surface area (Å²) >= 11 is 0. The van der Waals surface area contributed by atoms with Gasteiger partial charge in [0.05, 0.1) is 13.2 Å². The van der Waals surface area contributed by atoms with Crippen LogP contribution >= 0.6 is 8.46 Å². The zero-order chi connectivity index (χ0) is 13.0. The number of hydrogen-bond acceptors (Lipinski definition) is 3. The number of rotatable bonds is 4. The summed E-state index contributed by atoms with van der Waals surface area (Å²) in [5.74, 6) is 0.803. The zero-order valence-corrected chi connectivity index (χ0v) is 10.9. The molecule has 3 nitrogen and oxygen atoms in total. The Morgan fingerprint density at radius 2 is 1.83 bits per heavy atom. The molecule has 2 rings (SSSR count). The lowest BCUT2D eigenvalue weighted by Crippen LogP contribution is -2.13. The van der Waals surface area contributed by atoms with E-state index in [1.54, 1.807) is 13.2 Å². The zero-order valence-electron chi connectivity index (χ0n) is 10.0. The van der Waals surface area contributed by atoms with Crippen LogP contribution in [0.4, 0.5) is 0 Å². The van der Waals surface area contributed by atoms with E-state index in [2.05, 4.69) is 0 Å². The largest absolute Gasteiger partial charge is 0.497 e. The predicted octanol–water partition coefficient (Wildman–Crippen LogP) is 2.66. The molecule has 0 amide bonds. The molecular weight excluding hydrogens is 245 g/mol. The van der Waals surface area contributed by atoms with Gasteiger partial charge in [0, 0.05) is 5.30 Å². The minimum atomic E-state index is -0.224. The van der Waals surface area contributed by atoms with E-state index in [0.717, 1.165) is 22.2 Å². The molecule has 4 heteroatoms. The van der Waals surface area contributed by atoms with Crippen molar-refractivity contribution in [3.05, 3.63) is 59.7 Å². The van der Waals surface area contributed by atoms with Gasteiger partial charge < -0.3 is 10.5 Å². The molecule has 0 aromatic heterocycles. The Morgan fingerprint density at radius 1 is 1.11 bits per heavy atom. The third-order valence-corrected chi connectivity index (χ3v) is 3.30. The summed E-state index contributed by atoms with van der Waals surface area (Å²) in [5, 5.41) is 0.733. The van der Waals surface area contributed by atoms with Gasteiger partial charge in [-0.2, -0.15) is 0 Å². The topological polar surface area (TPSA) is 52.3 Å². The van der Waals surface area contributed by atoms with Gasteiger partial charge in [0.25, 0.3) is 0 Å². The SMILES string of the molecule is COc1ccc(C(N)c2cccc(P=O)c2)cc1. The maximum Gasteiger partial charge on any atom is 0.192 e. The molecule has 0 saturated heterocycles. The van der Waals surface area contributed by atoms with Crippen LogP contribution in [0.3, 0.4) is 0 Å². The molecule has 0 aliphatic heterocycles. The van der Waals surface area contributed by atoms with Crippen molar-refractivity contribution < 1.29 is 9.30 Å². The van der Waals surface area contributed by atoms with Crippen LogP contribution in [0.15, 0.2) is 48.5 Å². The Morgan fingerprint density at radius 3 is 2.44 bits per heavy atom. The quantitative estimate of drug-likeness (QED) is 0.859. The molecule has 1 atom stereocenters. The fraction of sp³-hybridized carbons (Fsp3) is 0.143. The summed E-state index contributed by atoms with van der Waals surface area (Å²) in [6.45, 7) is 0. The van der Waals surface area contributed by atoms with E-state index in [1.165, 1.54) is 0 Å². The van der Waals surface area contributed by atoms with Gasteiger partial charge >= 0.3 is 0 Å². The Kier molecular flexibility index (Phi) is 4.08. The minimum Gasteiger partial charge on any atom is -0.497 e. The molecule has 1 unspecified atom stereocenters. The van der Waals surface area contributed by atoms with E-state index >= 15 is 0 Å². The molecule has 0 saturated carbocycles. The van der Waals surface area contributed by atoms with E-state index in [1.807, 2.05) is 42.5 Å². The van der Waals surface area contributed by atoms with Crippen molar-refractivity contribution in [2.75, 3.05) is 7.11 Å². The molecule has 0 heterocycles. The first-order valence-corrected chi connectivity index (χ1v) is 6.38. The molecule has 0 aliphatic carbocycles. The molecule has 18 heavy (non-hydrogen) atoms. The Labute approximate surface area is 108 Å². The van der Waals surface area contributed by atoms with Gasteiger partial charge in [-0.25, -0.2) is 0 Å². The highest BCUT2D eigenvalue weighted by atomic mass is 31.1. The molecule has 2 N–H and O–H groups in total. The van der Waals surface area contributed by atoms with E-state index in [0.29, 0.717) is 0 Å². The second-order valence-corrected chi connectivity index (χ2v) is 4.64. The maximum atomic E-state index is 10.8. The molecule has 0 fully saturated rings. The molecule has 0 spiro atoms. The van der Waals surface area contributed by atoms with Gasteiger partial charge in [0.1, 0.15) is 5.75 Å². The Hall–Kier alpha value is -1.70. The number of nitrogens with two attached hydrogens (primary N) is 1. The first-order valence-electron chi connectivity index (χ1n) is 5.57. The smallest absolute Gasteiger partial charge is 0.192 e. The standard InChI is InChI=1S/C14H14NO2P/c1-17-12-7-5-10(6-8-12)14(15)11-3-2-4-13(9-11)18-16/h2-9,14H,15H2,1H3. The maximum absolute atomic E-state index is 10.8. The van der Waals surface area contributed by atoms with Crippen LogP contribution in [0.2, 0.25) is 0 Å². The van der Waals surface area contributed by atoms with Gasteiger partial charge in [-0.1, -0.05) is 24.3 Å². The second kappa shape index (κ2) is 5.76. The minimum absolute atomic E-state index is 0.0126. The molecule has 0 bridgehead atoms. The van der Waals surface area contributed by atoms with Crippen molar-refractivity contribution in [1.29, 1.82) is 0 Å². The first-order chi connectivity index (χ1) is 8.74. The molecule has 0 aliphatic rings. The highest BCUT2D eigenvalue weighted by molar-refractivity contribution is 7.34. The third-order valence-electron chi connectivity index (χ3n) is 2.81. The normalized spacial score (nSPS) is 12.3. The van der Waals surface area contributed by atoms with Gasteiger partial charge in [-0.05, 0) is 35.4 Å². The second-order valence-electron chi connectivity index (χ2n) is 3.94. The Bertz CT molecular complexity index is 540. The summed E-state index contributed by atoms with van der Waals surface area (Å²) in [5.41, 5.74) is 8.13. The average Bonchev–Trinajstić information content (AvgIpc) is 2.46. The Balaban J connectivity index is 2.28. The summed E-state index contributed by atoms with van der Waals surface area (Å²) in [6, 6.07) is 14.9. The molecule has 92 valence electrons. The van der Waals surface area contributed by atoms with Crippen LogP contribution in [0, 0.1) is 0 Å². The van der Waals surface area contributed by atoms with Crippen molar-refractivity contribution in [3.8, 4) is 5.75 Å². The lowest BCUT2D eigenvalue weighted by molar-refractivity contribution is 0.414. The van der Waals surface area contributed by atoms with Crippen molar-refractivity contribution in [2.24, 2.45) is 5.73 Å². The van der Waals surface area contributed by atoms with Gasteiger partial charge in [0.15, 0.2) is 8.46 Å². The van der Waals surface area contributed by atoms with E-state index < -0.39 is 0 Å². The number of hydrogen-bond donors (Lipinski definition) is 1. The van der Waals surface area contributed by atoms with Crippen LogP contribution in [0.5, 0.6) is 5.75 Å². The molecular formula is C14H14NO2P. The predicted molar refractivity (Wildman–Crippen MR) is 72.7 cm³/mol. The molecule has 2 aromatic rings. The number of ether oxygens (including phenoxy) is 1. The number of benzene rings is 2. The van der Waals surface area contributed by atoms with Crippen LogP contribution in [0.1, 0.15) is 17.2 Å². The van der Waals surface area contributed by atoms with E-state index in [4.69, 9.17) is 10.5 Å². The van der Waals surface area contributed by atoms with Crippen molar-refractivity contribution in [3.63, 3.8) is 0 Å². The summed E-state index contributed by atoms with van der Waals surface area (Å²) < 4.78 is 15.9. The lowest BCUT2D eigenvalue weighted by atomic mass is 10.00. The van der Waals surface area contributed by atoms with Gasteiger partial charge in [-0.3, -0.25) is 4.57 Å². The van der Waals surface area contributed by atoms with Crippen LogP contribution in [0.25, 0.3) is 0 Å². The van der Waals surface area contributed by atoms with Crippen LogP contribution in [-0.2, 0) is 4.57 Å². The van der Waals surface area contributed by atoms with E-state index in [-0.39, 0.29) is 14.5 Å². The van der Waals surface area contributed by atoms with Crippen LogP contribution < -0.4 is 15.8 Å². The highest BCUT2D eigenvalue weighted by Crippen LogP contribution is 2.21. The third kappa shape index (κ3) is 2.76. The summed E-state index contributed by atoms with van der Waals surface area (Å²) in [7, 11) is 1.64. The summed E-state index contributed by atoms with van der Waals surface area (Å²) in [4.78, 5) is 0. The van der Waals surface area contributed by atoms with E-state index in [9.17, 15) is 4.57 Å². The fourth-order valence-corrected chi connectivity index (χ4v) is 2.13. The monoisotopic (exact) mass is 259 g/mol. The lowest BCUT2D eigenvalue weighted by Gasteiger charge is -2.13. The van der Waals surface area contributed by atoms with Crippen molar-refractivity contribution >= 4 is 13.8 Å².